The van der Waals surface area contributed by atoms with Crippen LogP contribution in [0, 0.1) is 19.9 Å². The van der Waals surface area contributed by atoms with Crippen molar-refractivity contribution >= 4 is 0 Å². The Balaban J connectivity index is 2.42. The predicted octanol–water partition coefficient (Wildman–Crippen LogP) is 2.52. The van der Waals surface area contributed by atoms with Crippen molar-refractivity contribution in [2.45, 2.75) is 20.8 Å². The number of benzene rings is 1. The van der Waals surface area contributed by atoms with Crippen LogP contribution in [0.1, 0.15) is 18.1 Å². The van der Waals surface area contributed by atoms with Gasteiger partial charge in [0.2, 0.25) is 0 Å². The first-order valence-corrected chi connectivity index (χ1v) is 4.93. The molecular weight excluding hydrogens is 176 g/mol. The predicted molar refractivity (Wildman–Crippen MR) is 56.7 cm³/mol. The molecular formula is C12H17O2. The lowest BCUT2D eigenvalue weighted by Gasteiger charge is -2.07. The normalized spacial score (nSPS) is 10.2. The Morgan fingerprint density at radius 2 is 1.79 bits per heavy atom. The van der Waals surface area contributed by atoms with Gasteiger partial charge in [-0.15, -0.1) is 0 Å². The minimum absolute atomic E-state index is 0.608. The average molecular weight is 193 g/mol. The minimum atomic E-state index is 0.608. The molecule has 1 rings (SSSR count). The van der Waals surface area contributed by atoms with Gasteiger partial charge in [-0.3, -0.25) is 0 Å². The maximum atomic E-state index is 5.52. The summed E-state index contributed by atoms with van der Waals surface area (Å²) in [6.07, 6.45) is 0. The molecule has 0 N–H and O–H groups in total. The van der Waals surface area contributed by atoms with Crippen molar-refractivity contribution < 1.29 is 9.47 Å². The highest BCUT2D eigenvalue weighted by Gasteiger charge is 1.96. The number of ether oxygens (including phenoxy) is 2. The van der Waals surface area contributed by atoms with Gasteiger partial charge in [-0.2, -0.15) is 0 Å². The van der Waals surface area contributed by atoms with Crippen LogP contribution in [0.3, 0.4) is 0 Å². The van der Waals surface area contributed by atoms with Gasteiger partial charge in [0.1, 0.15) is 12.4 Å². The lowest BCUT2D eigenvalue weighted by Crippen LogP contribution is -2.06. The summed E-state index contributed by atoms with van der Waals surface area (Å²) in [5, 5.41) is 0. The highest BCUT2D eigenvalue weighted by molar-refractivity contribution is 5.31. The molecule has 2 heteroatoms. The molecule has 1 radical (unpaired) electrons. The van der Waals surface area contributed by atoms with E-state index in [1.165, 1.54) is 0 Å². The van der Waals surface area contributed by atoms with Crippen LogP contribution in [0.15, 0.2) is 12.1 Å². The summed E-state index contributed by atoms with van der Waals surface area (Å²) in [5.74, 6) is 0.901. The van der Waals surface area contributed by atoms with Gasteiger partial charge in [0.15, 0.2) is 0 Å². The monoisotopic (exact) mass is 193 g/mol. The van der Waals surface area contributed by atoms with Gasteiger partial charge in [-0.05, 0) is 50.1 Å². The van der Waals surface area contributed by atoms with E-state index in [2.05, 4.69) is 6.07 Å². The first-order chi connectivity index (χ1) is 6.72. The Labute approximate surface area is 85.8 Å². The largest absolute Gasteiger partial charge is 0.491 e. The van der Waals surface area contributed by atoms with Crippen LogP contribution in [0.4, 0.5) is 0 Å². The van der Waals surface area contributed by atoms with Gasteiger partial charge in [0.25, 0.3) is 0 Å². The molecule has 0 atom stereocenters. The zero-order chi connectivity index (χ0) is 10.4. The summed E-state index contributed by atoms with van der Waals surface area (Å²) in [6.45, 7) is 8.00. The second kappa shape index (κ2) is 5.66. The van der Waals surface area contributed by atoms with Crippen molar-refractivity contribution in [2.24, 2.45) is 0 Å². The van der Waals surface area contributed by atoms with E-state index in [9.17, 15) is 0 Å². The number of hydrogen-bond donors (Lipinski definition) is 0. The smallest absolute Gasteiger partial charge is 0.119 e. The summed E-state index contributed by atoms with van der Waals surface area (Å²) < 4.78 is 10.7. The summed E-state index contributed by atoms with van der Waals surface area (Å²) in [6, 6.07) is 7.17. The standard InChI is InChI=1S/C12H17O2/c1-4-13-5-6-14-12-8-10(2)7-11(3)9-12/h8-9H,4-6H2,1-3H3. The van der Waals surface area contributed by atoms with Crippen molar-refractivity contribution in [1.82, 2.24) is 0 Å². The van der Waals surface area contributed by atoms with Crippen LogP contribution in [-0.2, 0) is 4.74 Å². The fourth-order valence-corrected chi connectivity index (χ4v) is 1.30. The van der Waals surface area contributed by atoms with Crippen molar-refractivity contribution in [3.05, 3.63) is 29.3 Å². The maximum Gasteiger partial charge on any atom is 0.119 e. The van der Waals surface area contributed by atoms with Gasteiger partial charge < -0.3 is 9.47 Å². The SMILES string of the molecule is CCOCCOc1cc(C)[c]c(C)c1. The van der Waals surface area contributed by atoms with E-state index in [1.807, 2.05) is 32.9 Å². The molecule has 0 saturated carbocycles. The Morgan fingerprint density at radius 3 is 2.36 bits per heavy atom. The molecule has 0 saturated heterocycles. The van der Waals surface area contributed by atoms with Crippen LogP contribution in [-0.4, -0.2) is 19.8 Å². The van der Waals surface area contributed by atoms with Gasteiger partial charge >= 0.3 is 0 Å². The van der Waals surface area contributed by atoms with E-state index in [1.54, 1.807) is 0 Å². The Morgan fingerprint density at radius 1 is 1.14 bits per heavy atom. The molecule has 0 heterocycles. The fourth-order valence-electron chi connectivity index (χ4n) is 1.30. The molecule has 0 unspecified atom stereocenters. The molecule has 77 valence electrons. The zero-order valence-electron chi connectivity index (χ0n) is 9.09. The Bertz CT molecular complexity index is 261. The van der Waals surface area contributed by atoms with E-state index >= 15 is 0 Å². The maximum absolute atomic E-state index is 5.52. The van der Waals surface area contributed by atoms with E-state index in [4.69, 9.17) is 9.47 Å². The quantitative estimate of drug-likeness (QED) is 0.669. The lowest BCUT2D eigenvalue weighted by molar-refractivity contribution is 0.110. The average Bonchev–Trinajstić information content (AvgIpc) is 2.11. The van der Waals surface area contributed by atoms with E-state index < -0.39 is 0 Å². The van der Waals surface area contributed by atoms with Gasteiger partial charge in [-0.25, -0.2) is 0 Å². The molecule has 0 aliphatic carbocycles. The first kappa shape index (κ1) is 11.1. The fraction of sp³-hybridized carbons (Fsp3) is 0.500. The second-order valence-corrected chi connectivity index (χ2v) is 3.23. The minimum Gasteiger partial charge on any atom is -0.491 e. The summed E-state index contributed by atoms with van der Waals surface area (Å²) in [7, 11) is 0. The molecule has 0 spiro atoms. The summed E-state index contributed by atoms with van der Waals surface area (Å²) in [5.41, 5.74) is 2.22. The van der Waals surface area contributed by atoms with E-state index in [0.717, 1.165) is 23.5 Å². The van der Waals surface area contributed by atoms with E-state index in [-0.39, 0.29) is 0 Å². The van der Waals surface area contributed by atoms with Crippen molar-refractivity contribution in [2.75, 3.05) is 19.8 Å². The van der Waals surface area contributed by atoms with Crippen LogP contribution in [0.2, 0.25) is 0 Å². The first-order valence-electron chi connectivity index (χ1n) is 4.93. The molecule has 0 amide bonds. The molecule has 0 aliphatic rings. The second-order valence-electron chi connectivity index (χ2n) is 3.23. The van der Waals surface area contributed by atoms with Crippen LogP contribution in [0.25, 0.3) is 0 Å². The lowest BCUT2D eigenvalue weighted by atomic mass is 10.1. The molecule has 2 nitrogen and oxygen atoms in total. The third kappa shape index (κ3) is 3.79. The Kier molecular flexibility index (Phi) is 4.47. The zero-order valence-corrected chi connectivity index (χ0v) is 9.09. The van der Waals surface area contributed by atoms with Crippen LogP contribution < -0.4 is 4.74 Å². The molecule has 0 bridgehead atoms. The third-order valence-electron chi connectivity index (χ3n) is 1.81. The highest BCUT2D eigenvalue weighted by Crippen LogP contribution is 2.15. The topological polar surface area (TPSA) is 18.5 Å². The van der Waals surface area contributed by atoms with Gasteiger partial charge in [0, 0.05) is 6.61 Å². The van der Waals surface area contributed by atoms with Crippen molar-refractivity contribution in [1.29, 1.82) is 0 Å². The molecule has 1 aromatic rings. The van der Waals surface area contributed by atoms with Crippen molar-refractivity contribution in [3.8, 4) is 5.75 Å². The van der Waals surface area contributed by atoms with Crippen molar-refractivity contribution in [3.63, 3.8) is 0 Å². The van der Waals surface area contributed by atoms with Crippen LogP contribution in [0.5, 0.6) is 5.75 Å². The van der Waals surface area contributed by atoms with Gasteiger partial charge in [-0.1, -0.05) is 0 Å². The third-order valence-corrected chi connectivity index (χ3v) is 1.81. The molecule has 14 heavy (non-hydrogen) atoms. The number of rotatable bonds is 5. The number of hydrogen-bond acceptors (Lipinski definition) is 2. The number of aryl methyl sites for hydroxylation is 2. The molecule has 0 aliphatic heterocycles. The summed E-state index contributed by atoms with van der Waals surface area (Å²) >= 11 is 0. The van der Waals surface area contributed by atoms with E-state index in [0.29, 0.717) is 13.2 Å². The Hall–Kier alpha value is -1.02. The molecule has 0 fully saturated rings. The van der Waals surface area contributed by atoms with Crippen LogP contribution >= 0.6 is 0 Å². The highest BCUT2D eigenvalue weighted by atomic mass is 16.5. The molecule has 1 aromatic carbocycles. The molecule has 0 aromatic heterocycles. The van der Waals surface area contributed by atoms with Gasteiger partial charge in [0.05, 0.1) is 6.61 Å². The summed E-state index contributed by atoms with van der Waals surface area (Å²) in [4.78, 5) is 0.